The van der Waals surface area contributed by atoms with Crippen LogP contribution in [0.2, 0.25) is 0 Å². The van der Waals surface area contributed by atoms with Crippen LogP contribution in [0.5, 0.6) is 0 Å². The van der Waals surface area contributed by atoms with Gasteiger partial charge in [0.15, 0.2) is 4.32 Å². The quantitative estimate of drug-likeness (QED) is 0.327. The minimum Gasteiger partial charge on any atom is -0.268 e. The van der Waals surface area contributed by atoms with Gasteiger partial charge in [-0.15, -0.1) is 0 Å². The van der Waals surface area contributed by atoms with E-state index in [9.17, 15) is 25.0 Å². The van der Waals surface area contributed by atoms with Crippen molar-refractivity contribution in [2.45, 2.75) is 6.92 Å². The highest BCUT2D eigenvalue weighted by atomic mass is 32.2. The van der Waals surface area contributed by atoms with Gasteiger partial charge in [-0.3, -0.25) is 29.9 Å². The monoisotopic (exact) mass is 401 g/mol. The molecule has 0 aliphatic carbocycles. The fourth-order valence-electron chi connectivity index (χ4n) is 2.50. The molecule has 1 saturated heterocycles. The van der Waals surface area contributed by atoms with Gasteiger partial charge < -0.3 is 0 Å². The Morgan fingerprint density at radius 3 is 2.52 bits per heavy atom. The van der Waals surface area contributed by atoms with Crippen molar-refractivity contribution in [1.29, 1.82) is 0 Å². The zero-order chi connectivity index (χ0) is 19.7. The Morgan fingerprint density at radius 1 is 1.11 bits per heavy atom. The summed E-state index contributed by atoms with van der Waals surface area (Å²) in [7, 11) is 0. The molecule has 0 saturated carbocycles. The summed E-state index contributed by atoms with van der Waals surface area (Å²) < 4.78 is 0.230. The number of carbonyl (C=O) groups excluding carboxylic acids is 1. The van der Waals surface area contributed by atoms with Gasteiger partial charge in [-0.25, -0.2) is 0 Å². The van der Waals surface area contributed by atoms with Gasteiger partial charge in [0.05, 0.1) is 20.4 Å². The van der Waals surface area contributed by atoms with E-state index in [1.807, 2.05) is 0 Å². The number of benzene rings is 2. The lowest BCUT2D eigenvalue weighted by Crippen LogP contribution is -2.27. The second kappa shape index (κ2) is 7.25. The Hall–Kier alpha value is -3.11. The lowest BCUT2D eigenvalue weighted by molar-refractivity contribution is -0.385. The van der Waals surface area contributed by atoms with Crippen molar-refractivity contribution in [2.75, 3.05) is 4.90 Å². The number of aryl methyl sites for hydroxylation is 1. The van der Waals surface area contributed by atoms with Crippen molar-refractivity contribution in [2.24, 2.45) is 0 Å². The van der Waals surface area contributed by atoms with E-state index < -0.39 is 15.8 Å². The molecule has 0 spiro atoms. The predicted molar refractivity (Wildman–Crippen MR) is 107 cm³/mol. The number of nitro benzene ring substituents is 2. The number of hydrogen-bond acceptors (Lipinski definition) is 7. The van der Waals surface area contributed by atoms with Gasteiger partial charge in [-0.05, 0) is 24.6 Å². The maximum Gasteiger partial charge on any atom is 0.272 e. The summed E-state index contributed by atoms with van der Waals surface area (Å²) in [6.07, 6.45) is 1.52. The highest BCUT2D eigenvalue weighted by Gasteiger charge is 2.34. The maximum absolute atomic E-state index is 12.7. The van der Waals surface area contributed by atoms with Crippen molar-refractivity contribution in [3.63, 3.8) is 0 Å². The van der Waals surface area contributed by atoms with Gasteiger partial charge in [0.25, 0.3) is 17.3 Å². The summed E-state index contributed by atoms with van der Waals surface area (Å²) in [5.41, 5.74) is 1.11. The van der Waals surface area contributed by atoms with Crippen LogP contribution in [0.25, 0.3) is 6.08 Å². The minimum atomic E-state index is -0.553. The summed E-state index contributed by atoms with van der Waals surface area (Å²) in [6, 6.07) is 10.3. The van der Waals surface area contributed by atoms with Crippen LogP contribution in [-0.2, 0) is 4.79 Å². The van der Waals surface area contributed by atoms with Crippen LogP contribution in [0.4, 0.5) is 17.1 Å². The third-order valence-corrected chi connectivity index (χ3v) is 5.12. The van der Waals surface area contributed by atoms with Crippen LogP contribution < -0.4 is 4.90 Å². The van der Waals surface area contributed by atoms with E-state index >= 15 is 0 Å². The smallest absolute Gasteiger partial charge is 0.268 e. The molecular weight excluding hydrogens is 390 g/mol. The zero-order valence-corrected chi connectivity index (χ0v) is 15.5. The first-order valence-corrected chi connectivity index (χ1v) is 8.78. The van der Waals surface area contributed by atoms with E-state index in [1.165, 1.54) is 35.2 Å². The number of anilines is 1. The Balaban J connectivity index is 1.96. The van der Waals surface area contributed by atoms with Gasteiger partial charge in [0, 0.05) is 23.8 Å². The van der Waals surface area contributed by atoms with Crippen molar-refractivity contribution in [3.8, 4) is 0 Å². The van der Waals surface area contributed by atoms with Gasteiger partial charge >= 0.3 is 0 Å². The lowest BCUT2D eigenvalue weighted by Gasteiger charge is -2.13. The molecule has 136 valence electrons. The second-order valence-electron chi connectivity index (χ2n) is 5.60. The number of non-ortho nitro benzene ring substituents is 1. The molecule has 0 aromatic heterocycles. The van der Waals surface area contributed by atoms with Gasteiger partial charge in [-0.2, -0.15) is 0 Å². The van der Waals surface area contributed by atoms with Gasteiger partial charge in [-0.1, -0.05) is 42.2 Å². The highest BCUT2D eigenvalue weighted by Crippen LogP contribution is 2.37. The molecule has 10 heteroatoms. The predicted octanol–water partition coefficient (Wildman–Crippen LogP) is 4.22. The number of hydrogen-bond donors (Lipinski definition) is 0. The molecule has 2 aromatic rings. The molecule has 0 unspecified atom stereocenters. The fourth-order valence-corrected chi connectivity index (χ4v) is 3.80. The molecule has 1 aliphatic heterocycles. The molecule has 27 heavy (non-hydrogen) atoms. The summed E-state index contributed by atoms with van der Waals surface area (Å²) in [5, 5.41) is 22.0. The third kappa shape index (κ3) is 3.71. The fraction of sp³-hybridized carbons (Fsp3) is 0.0588. The number of rotatable bonds is 4. The van der Waals surface area contributed by atoms with Crippen LogP contribution in [0, 0.1) is 27.2 Å². The molecular formula is C17H11N3O5S2. The van der Waals surface area contributed by atoms with E-state index in [2.05, 4.69) is 0 Å². The normalized spacial score (nSPS) is 15.4. The average molecular weight is 401 g/mol. The molecule has 0 N–H and O–H groups in total. The molecule has 1 fully saturated rings. The van der Waals surface area contributed by atoms with Crippen LogP contribution in [0.3, 0.4) is 0 Å². The number of nitro groups is 2. The Kier molecular flexibility index (Phi) is 5.02. The first-order chi connectivity index (χ1) is 12.8. The second-order valence-corrected chi connectivity index (χ2v) is 7.27. The molecule has 1 aliphatic rings. The van der Waals surface area contributed by atoms with Gasteiger partial charge in [0.2, 0.25) is 0 Å². The largest absolute Gasteiger partial charge is 0.272 e. The maximum atomic E-state index is 12.7. The lowest BCUT2D eigenvalue weighted by atomic mass is 10.1. The molecule has 0 radical (unpaired) electrons. The number of carbonyl (C=O) groups is 1. The third-order valence-electron chi connectivity index (χ3n) is 3.82. The van der Waals surface area contributed by atoms with E-state index in [0.29, 0.717) is 16.8 Å². The van der Waals surface area contributed by atoms with Crippen LogP contribution in [0.15, 0.2) is 47.4 Å². The average Bonchev–Trinajstić information content (AvgIpc) is 2.90. The van der Waals surface area contributed by atoms with Crippen LogP contribution >= 0.6 is 24.0 Å². The summed E-state index contributed by atoms with van der Waals surface area (Å²) in [6.45, 7) is 1.63. The first kappa shape index (κ1) is 18.7. The summed E-state index contributed by atoms with van der Waals surface area (Å²) >= 11 is 6.27. The highest BCUT2D eigenvalue weighted by molar-refractivity contribution is 8.27. The van der Waals surface area contributed by atoms with Crippen molar-refractivity contribution in [3.05, 3.63) is 78.7 Å². The van der Waals surface area contributed by atoms with Crippen LogP contribution in [-0.4, -0.2) is 20.1 Å². The Morgan fingerprint density at radius 2 is 1.85 bits per heavy atom. The molecule has 0 atom stereocenters. The minimum absolute atomic E-state index is 0.0436. The number of thioether (sulfide) groups is 1. The SMILES string of the molecule is Cc1ccc(/C=C2/SC(=S)N(c3cccc([N+](=O)[O-])c3)C2=O)cc1[N+](=O)[O-]. The Labute approximate surface area is 162 Å². The Bertz CT molecular complexity index is 1030. The molecule has 8 nitrogen and oxygen atoms in total. The van der Waals surface area contributed by atoms with Crippen LogP contribution in [0.1, 0.15) is 11.1 Å². The molecule has 1 amide bonds. The molecule has 2 aromatic carbocycles. The molecule has 0 bridgehead atoms. The van der Waals surface area contributed by atoms with Crippen molar-refractivity contribution < 1.29 is 14.6 Å². The van der Waals surface area contributed by atoms with E-state index in [-0.39, 0.29) is 20.6 Å². The van der Waals surface area contributed by atoms with Gasteiger partial charge in [0.1, 0.15) is 0 Å². The first-order valence-electron chi connectivity index (χ1n) is 7.55. The van der Waals surface area contributed by atoms with Crippen molar-refractivity contribution >= 4 is 57.3 Å². The number of nitrogens with zero attached hydrogens (tertiary/aromatic N) is 3. The van der Waals surface area contributed by atoms with E-state index in [1.54, 1.807) is 25.1 Å². The van der Waals surface area contributed by atoms with Crippen molar-refractivity contribution in [1.82, 2.24) is 0 Å². The summed E-state index contributed by atoms with van der Waals surface area (Å²) in [4.78, 5) is 35.2. The zero-order valence-electron chi connectivity index (χ0n) is 13.8. The summed E-state index contributed by atoms with van der Waals surface area (Å²) in [5.74, 6) is -0.436. The topological polar surface area (TPSA) is 107 Å². The standard InChI is InChI=1S/C17H11N3O5S2/c1-10-5-6-11(7-14(10)20(24)25)8-15-16(21)18(17(26)27-15)12-3-2-4-13(9-12)19(22)23/h2-9H,1H3/b15-8+. The van der Waals surface area contributed by atoms with E-state index in [0.717, 1.165) is 11.8 Å². The van der Waals surface area contributed by atoms with E-state index in [4.69, 9.17) is 12.2 Å². The molecule has 1 heterocycles. The number of amides is 1. The molecule has 3 rings (SSSR count). The number of thiocarbonyl (C=S) groups is 1.